The largest absolute Gasteiger partial charge is 0.444 e. The van der Waals surface area contributed by atoms with Gasteiger partial charge in [0, 0.05) is 6.54 Å². The van der Waals surface area contributed by atoms with Crippen LogP contribution >= 0.6 is 0 Å². The first-order chi connectivity index (χ1) is 10.2. The average Bonchev–Trinajstić information content (AvgIpc) is 2.82. The van der Waals surface area contributed by atoms with Crippen LogP contribution in [0.2, 0.25) is 0 Å². The number of hydrogen-bond acceptors (Lipinski definition) is 3. The van der Waals surface area contributed by atoms with Gasteiger partial charge in [-0.1, -0.05) is 30.3 Å². The lowest BCUT2D eigenvalue weighted by Crippen LogP contribution is -2.36. The molecule has 5 heteroatoms. The highest BCUT2D eigenvalue weighted by Gasteiger charge is 2.06. The first-order valence-corrected chi connectivity index (χ1v) is 7.18. The Bertz CT molecular complexity index is 570. The van der Waals surface area contributed by atoms with E-state index in [2.05, 4.69) is 32.7 Å². The standard InChI is InChI=1S/C16H22N4O/c1-4-17-16(18-10-14-8-6-5-7-9-14)19-11-15-20-12(2)13(3)21-15/h5-9H,4,10-11H2,1-3H3,(H2,17,18,19). The second-order valence-corrected chi connectivity index (χ2v) is 4.78. The van der Waals surface area contributed by atoms with Crippen molar-refractivity contribution in [3.05, 3.63) is 53.2 Å². The topological polar surface area (TPSA) is 62.5 Å². The van der Waals surface area contributed by atoms with Crippen molar-refractivity contribution in [2.75, 3.05) is 6.54 Å². The fourth-order valence-electron chi connectivity index (χ4n) is 1.87. The lowest BCUT2D eigenvalue weighted by atomic mass is 10.2. The zero-order chi connectivity index (χ0) is 15.1. The van der Waals surface area contributed by atoms with Gasteiger partial charge < -0.3 is 15.1 Å². The van der Waals surface area contributed by atoms with Crippen LogP contribution in [0.25, 0.3) is 0 Å². The number of aromatic nitrogens is 1. The second-order valence-electron chi connectivity index (χ2n) is 4.78. The minimum atomic E-state index is 0.523. The molecule has 112 valence electrons. The van der Waals surface area contributed by atoms with E-state index in [-0.39, 0.29) is 0 Å². The number of benzene rings is 1. The van der Waals surface area contributed by atoms with Gasteiger partial charge in [0.15, 0.2) is 5.96 Å². The van der Waals surface area contributed by atoms with Gasteiger partial charge in [-0.05, 0) is 26.3 Å². The summed E-state index contributed by atoms with van der Waals surface area (Å²) >= 11 is 0. The molecular weight excluding hydrogens is 264 g/mol. The zero-order valence-electron chi connectivity index (χ0n) is 12.8. The summed E-state index contributed by atoms with van der Waals surface area (Å²) in [4.78, 5) is 8.90. The minimum absolute atomic E-state index is 0.523. The number of aryl methyl sites for hydroxylation is 2. The maximum absolute atomic E-state index is 5.55. The molecule has 0 saturated carbocycles. The average molecular weight is 286 g/mol. The van der Waals surface area contributed by atoms with Crippen LogP contribution in [-0.4, -0.2) is 17.5 Å². The minimum Gasteiger partial charge on any atom is -0.444 e. The fourth-order valence-corrected chi connectivity index (χ4v) is 1.87. The second kappa shape index (κ2) is 7.47. The van der Waals surface area contributed by atoms with Crippen molar-refractivity contribution < 1.29 is 4.42 Å². The Balaban J connectivity index is 1.95. The molecule has 2 N–H and O–H groups in total. The first-order valence-electron chi connectivity index (χ1n) is 7.18. The van der Waals surface area contributed by atoms with Gasteiger partial charge >= 0.3 is 0 Å². The third-order valence-electron chi connectivity index (χ3n) is 3.09. The van der Waals surface area contributed by atoms with E-state index in [4.69, 9.17) is 4.42 Å². The summed E-state index contributed by atoms with van der Waals surface area (Å²) in [6.45, 7) is 7.87. The van der Waals surface area contributed by atoms with Crippen molar-refractivity contribution in [3.8, 4) is 0 Å². The molecule has 2 rings (SSSR count). The number of aliphatic imine (C=N–C) groups is 1. The van der Waals surface area contributed by atoms with Crippen molar-refractivity contribution in [2.45, 2.75) is 33.9 Å². The number of hydrogen-bond donors (Lipinski definition) is 2. The lowest BCUT2D eigenvalue weighted by molar-refractivity contribution is 0.463. The summed E-state index contributed by atoms with van der Waals surface area (Å²) in [5.41, 5.74) is 2.11. The number of oxazole rings is 1. The highest BCUT2D eigenvalue weighted by atomic mass is 16.4. The molecule has 0 amide bonds. The summed E-state index contributed by atoms with van der Waals surface area (Å²) in [7, 11) is 0. The molecule has 0 atom stereocenters. The molecule has 0 fully saturated rings. The van der Waals surface area contributed by atoms with Crippen LogP contribution in [-0.2, 0) is 13.1 Å². The molecule has 1 aromatic heterocycles. The van der Waals surface area contributed by atoms with E-state index in [1.54, 1.807) is 0 Å². The smallest absolute Gasteiger partial charge is 0.214 e. The van der Waals surface area contributed by atoms with Crippen molar-refractivity contribution in [1.29, 1.82) is 0 Å². The van der Waals surface area contributed by atoms with Crippen molar-refractivity contribution in [2.24, 2.45) is 4.99 Å². The van der Waals surface area contributed by atoms with Crippen molar-refractivity contribution in [1.82, 2.24) is 15.6 Å². The van der Waals surface area contributed by atoms with Gasteiger partial charge in [-0.25, -0.2) is 9.98 Å². The molecule has 0 saturated heterocycles. The van der Waals surface area contributed by atoms with Crippen LogP contribution in [0, 0.1) is 13.8 Å². The third-order valence-corrected chi connectivity index (χ3v) is 3.09. The Morgan fingerprint density at radius 2 is 1.95 bits per heavy atom. The normalized spacial score (nSPS) is 11.5. The van der Waals surface area contributed by atoms with Crippen LogP contribution in [0.5, 0.6) is 0 Å². The molecule has 1 aromatic carbocycles. The molecule has 0 aliphatic heterocycles. The van der Waals surface area contributed by atoms with Gasteiger partial charge in [0.05, 0.1) is 18.8 Å². The number of guanidine groups is 1. The van der Waals surface area contributed by atoms with Crippen LogP contribution in [0.1, 0.15) is 29.8 Å². The molecule has 1 heterocycles. The van der Waals surface area contributed by atoms with E-state index >= 15 is 0 Å². The molecule has 0 aliphatic carbocycles. The van der Waals surface area contributed by atoms with E-state index in [0.717, 1.165) is 24.0 Å². The molecule has 0 aliphatic rings. The monoisotopic (exact) mass is 286 g/mol. The summed E-state index contributed by atoms with van der Waals surface area (Å²) in [5, 5.41) is 6.44. The summed E-state index contributed by atoms with van der Waals surface area (Å²) in [6, 6.07) is 10.2. The predicted octanol–water partition coefficient (Wildman–Crippen LogP) is 2.55. The van der Waals surface area contributed by atoms with E-state index < -0.39 is 0 Å². The molecule has 0 spiro atoms. The zero-order valence-corrected chi connectivity index (χ0v) is 12.8. The molecule has 5 nitrogen and oxygen atoms in total. The van der Waals surface area contributed by atoms with Gasteiger partial charge in [-0.15, -0.1) is 0 Å². The SMILES string of the molecule is CCNC(=NCc1ccccc1)NCc1nc(C)c(C)o1. The van der Waals surface area contributed by atoms with Gasteiger partial charge in [0.1, 0.15) is 5.76 Å². The third kappa shape index (κ3) is 4.63. The molecule has 2 aromatic rings. The lowest BCUT2D eigenvalue weighted by Gasteiger charge is -2.09. The summed E-state index contributed by atoms with van der Waals surface area (Å²) < 4.78 is 5.55. The van der Waals surface area contributed by atoms with Gasteiger partial charge in [0.25, 0.3) is 0 Å². The summed E-state index contributed by atoms with van der Waals surface area (Å²) in [5.74, 6) is 2.29. The Morgan fingerprint density at radius 1 is 1.19 bits per heavy atom. The molecular formula is C16H22N4O. The number of nitrogens with one attached hydrogen (secondary N) is 2. The maximum Gasteiger partial charge on any atom is 0.214 e. The predicted molar refractivity (Wildman–Crippen MR) is 84.1 cm³/mol. The van der Waals surface area contributed by atoms with Crippen LogP contribution < -0.4 is 10.6 Å². The van der Waals surface area contributed by atoms with E-state index in [9.17, 15) is 0 Å². The van der Waals surface area contributed by atoms with Crippen LogP contribution in [0.4, 0.5) is 0 Å². The number of rotatable bonds is 5. The Hall–Kier alpha value is -2.30. The molecule has 0 unspecified atom stereocenters. The highest BCUT2D eigenvalue weighted by Crippen LogP contribution is 2.07. The molecule has 21 heavy (non-hydrogen) atoms. The summed E-state index contributed by atoms with van der Waals surface area (Å²) in [6.07, 6.45) is 0. The van der Waals surface area contributed by atoms with E-state index in [1.165, 1.54) is 5.56 Å². The Kier molecular flexibility index (Phi) is 5.37. The van der Waals surface area contributed by atoms with E-state index in [1.807, 2.05) is 39.0 Å². The van der Waals surface area contributed by atoms with Gasteiger partial charge in [0.2, 0.25) is 5.89 Å². The van der Waals surface area contributed by atoms with Crippen LogP contribution in [0.15, 0.2) is 39.7 Å². The first kappa shape index (κ1) is 15.1. The van der Waals surface area contributed by atoms with E-state index in [0.29, 0.717) is 19.0 Å². The van der Waals surface area contributed by atoms with Crippen LogP contribution in [0.3, 0.4) is 0 Å². The fraction of sp³-hybridized carbons (Fsp3) is 0.375. The quantitative estimate of drug-likeness (QED) is 0.655. The molecule has 0 radical (unpaired) electrons. The van der Waals surface area contributed by atoms with Crippen molar-refractivity contribution in [3.63, 3.8) is 0 Å². The van der Waals surface area contributed by atoms with Crippen molar-refractivity contribution >= 4 is 5.96 Å². The molecule has 0 bridgehead atoms. The Labute approximate surface area is 125 Å². The van der Waals surface area contributed by atoms with Gasteiger partial charge in [-0.2, -0.15) is 0 Å². The van der Waals surface area contributed by atoms with Gasteiger partial charge in [-0.3, -0.25) is 0 Å². The maximum atomic E-state index is 5.55. The number of nitrogens with zero attached hydrogens (tertiary/aromatic N) is 2. The highest BCUT2D eigenvalue weighted by molar-refractivity contribution is 5.79. The Morgan fingerprint density at radius 3 is 2.57 bits per heavy atom.